The van der Waals surface area contributed by atoms with Crippen LogP contribution in [-0.4, -0.2) is 35.5 Å². The van der Waals surface area contributed by atoms with Crippen molar-refractivity contribution in [3.63, 3.8) is 0 Å². The van der Waals surface area contributed by atoms with Gasteiger partial charge >= 0.3 is 0 Å². The molecule has 1 heterocycles. The molecule has 1 aliphatic carbocycles. The third-order valence-electron chi connectivity index (χ3n) is 7.26. The molecule has 1 saturated carbocycles. The van der Waals surface area contributed by atoms with E-state index in [0.717, 1.165) is 35.7 Å². The van der Waals surface area contributed by atoms with Gasteiger partial charge in [0.15, 0.2) is 18.1 Å². The molecule has 0 radical (unpaired) electrons. The van der Waals surface area contributed by atoms with Crippen molar-refractivity contribution in [2.45, 2.75) is 44.9 Å². The second-order valence-electron chi connectivity index (χ2n) is 10.1. The Kier molecular flexibility index (Phi) is 9.65. The molecule has 1 N–H and O–H groups in total. The van der Waals surface area contributed by atoms with Crippen molar-refractivity contribution < 1.29 is 14.3 Å². The predicted octanol–water partition coefficient (Wildman–Crippen LogP) is 7.84. The number of hydrogen-bond acceptors (Lipinski definition) is 6. The first-order valence-electron chi connectivity index (χ1n) is 13.6. The lowest BCUT2D eigenvalue weighted by Gasteiger charge is -2.22. The minimum Gasteiger partial charge on any atom is -0.493 e. The highest BCUT2D eigenvalue weighted by atomic mass is 79.9. The average molecular weight is 717 g/mol. The van der Waals surface area contributed by atoms with E-state index >= 15 is 0 Å². The zero-order valence-corrected chi connectivity index (χ0v) is 27.1. The van der Waals surface area contributed by atoms with Crippen LogP contribution >= 0.6 is 43.5 Å². The molecule has 1 amide bonds. The number of nitrogens with one attached hydrogen (secondary N) is 1. The van der Waals surface area contributed by atoms with Gasteiger partial charge in [0.05, 0.1) is 24.2 Å². The second kappa shape index (κ2) is 13.4. The van der Waals surface area contributed by atoms with Gasteiger partial charge in [-0.1, -0.05) is 65.0 Å². The Morgan fingerprint density at radius 3 is 2.67 bits per heavy atom. The summed E-state index contributed by atoms with van der Waals surface area (Å²) in [6.07, 6.45) is 6.81. The molecule has 8 nitrogen and oxygen atoms in total. The molecule has 0 aliphatic heterocycles. The maximum atomic E-state index is 13.7. The number of fused-ring (bicyclic) bond motifs is 1. The summed E-state index contributed by atoms with van der Waals surface area (Å²) in [7, 11) is 1.48. The minimum atomic E-state index is -0.339. The minimum absolute atomic E-state index is 0.139. The summed E-state index contributed by atoms with van der Waals surface area (Å²) in [5.74, 6) is 0.975. The Bertz CT molecular complexity index is 1730. The molecule has 3 aromatic carbocycles. The summed E-state index contributed by atoms with van der Waals surface area (Å²) in [5, 5.41) is 8.14. The molecule has 4 aromatic rings. The van der Waals surface area contributed by atoms with Crippen molar-refractivity contribution in [1.82, 2.24) is 9.66 Å². The van der Waals surface area contributed by atoms with Crippen LogP contribution in [0.25, 0.3) is 10.9 Å². The number of para-hydroxylation sites is 1. The maximum absolute atomic E-state index is 13.7. The molecular formula is C31H29Br2ClN4O4. The monoisotopic (exact) mass is 714 g/mol. The number of aromatic nitrogens is 2. The highest BCUT2D eigenvalue weighted by Gasteiger charge is 2.23. The summed E-state index contributed by atoms with van der Waals surface area (Å²) in [6, 6.07) is 14.7. The zero-order valence-electron chi connectivity index (χ0n) is 23.1. The van der Waals surface area contributed by atoms with Gasteiger partial charge in [-0.05, 0) is 71.6 Å². The Morgan fingerprint density at radius 2 is 1.93 bits per heavy atom. The van der Waals surface area contributed by atoms with E-state index in [1.54, 1.807) is 18.3 Å². The summed E-state index contributed by atoms with van der Waals surface area (Å²) in [5.41, 5.74) is 2.61. The number of benzene rings is 3. The van der Waals surface area contributed by atoms with E-state index in [4.69, 9.17) is 26.1 Å². The molecule has 218 valence electrons. The molecule has 1 aliphatic rings. The molecule has 1 fully saturated rings. The molecule has 0 bridgehead atoms. The predicted molar refractivity (Wildman–Crippen MR) is 174 cm³/mol. The largest absolute Gasteiger partial charge is 0.493 e. The molecule has 0 unspecified atom stereocenters. The van der Waals surface area contributed by atoms with Crippen molar-refractivity contribution in [3.8, 4) is 11.5 Å². The van der Waals surface area contributed by atoms with Gasteiger partial charge in [-0.25, -0.2) is 4.98 Å². The fourth-order valence-corrected chi connectivity index (χ4v) is 6.06. The fraction of sp³-hybridized carbons (Fsp3) is 0.290. The number of hydrogen-bond donors (Lipinski definition) is 1. The Hall–Kier alpha value is -3.21. The van der Waals surface area contributed by atoms with Gasteiger partial charge in [-0.3, -0.25) is 9.59 Å². The van der Waals surface area contributed by atoms with Crippen LogP contribution in [0.4, 0.5) is 5.69 Å². The van der Waals surface area contributed by atoms with Gasteiger partial charge in [0.25, 0.3) is 11.5 Å². The number of methoxy groups -OCH3 is 1. The van der Waals surface area contributed by atoms with Crippen LogP contribution in [0.5, 0.6) is 11.5 Å². The van der Waals surface area contributed by atoms with E-state index in [1.165, 1.54) is 18.2 Å². The van der Waals surface area contributed by atoms with E-state index < -0.39 is 0 Å². The summed E-state index contributed by atoms with van der Waals surface area (Å²) in [4.78, 5) is 31.1. The molecule has 0 spiro atoms. The standard InChI is InChI=1S/C31H29Br2ClN4O4/c1-18-8-6-7-11-23(18)36-26(39)17-42-29-25(41-2)14-20(27(33)28(29)34)16-35-38-30(19-9-4-3-5-10-19)37-24-13-12-21(32)15-22(24)31(38)40/h6-8,11-16,19H,3-5,9-10,17H2,1-2H3,(H,36,39). The van der Waals surface area contributed by atoms with Crippen LogP contribution in [0.1, 0.15) is 55.0 Å². The Morgan fingerprint density at radius 1 is 1.17 bits per heavy atom. The van der Waals surface area contributed by atoms with Crippen LogP contribution in [0.3, 0.4) is 0 Å². The zero-order chi connectivity index (χ0) is 29.8. The first kappa shape index (κ1) is 30.3. The third-order valence-corrected chi connectivity index (χ3v) is 9.20. The van der Waals surface area contributed by atoms with Crippen molar-refractivity contribution >= 4 is 72.2 Å². The van der Waals surface area contributed by atoms with Gasteiger partial charge < -0.3 is 14.8 Å². The number of nitrogens with zero attached hydrogens (tertiary/aromatic N) is 3. The molecule has 11 heteroatoms. The van der Waals surface area contributed by atoms with Gasteiger partial charge in [0.1, 0.15) is 10.8 Å². The van der Waals surface area contributed by atoms with Crippen LogP contribution in [0.2, 0.25) is 5.02 Å². The number of ether oxygens (including phenoxy) is 2. The van der Waals surface area contributed by atoms with Crippen LogP contribution in [-0.2, 0) is 4.79 Å². The van der Waals surface area contributed by atoms with Gasteiger partial charge in [-0.15, -0.1) is 0 Å². The topological polar surface area (TPSA) is 94.8 Å². The Labute approximate surface area is 265 Å². The average Bonchev–Trinajstić information content (AvgIpc) is 2.99. The molecule has 1 aromatic heterocycles. The highest BCUT2D eigenvalue weighted by molar-refractivity contribution is 9.10. The molecule has 0 saturated heterocycles. The van der Waals surface area contributed by atoms with Crippen molar-refractivity contribution in [1.29, 1.82) is 0 Å². The van der Waals surface area contributed by atoms with Crippen molar-refractivity contribution in [2.24, 2.45) is 5.10 Å². The lowest BCUT2D eigenvalue weighted by atomic mass is 9.88. The van der Waals surface area contributed by atoms with E-state index in [9.17, 15) is 9.59 Å². The number of carbonyl (C=O) groups excluding carboxylic acids is 1. The van der Waals surface area contributed by atoms with E-state index in [-0.39, 0.29) is 34.8 Å². The van der Waals surface area contributed by atoms with Gasteiger partial charge in [-0.2, -0.15) is 9.78 Å². The first-order valence-corrected chi connectivity index (χ1v) is 15.5. The van der Waals surface area contributed by atoms with Gasteiger partial charge in [0, 0.05) is 26.1 Å². The second-order valence-corrected chi connectivity index (χ2v) is 12.2. The van der Waals surface area contributed by atoms with Crippen LogP contribution < -0.4 is 20.3 Å². The SMILES string of the molecule is COc1cc(C=Nn2c(C3CCCCC3)nc3ccc(Br)cc3c2=O)c(Br)c(Cl)c1OCC(=O)Nc1ccccc1C. The van der Waals surface area contributed by atoms with Crippen LogP contribution in [0.15, 0.2) is 67.4 Å². The lowest BCUT2D eigenvalue weighted by Crippen LogP contribution is -2.25. The van der Waals surface area contributed by atoms with Crippen molar-refractivity contribution in [2.75, 3.05) is 19.0 Å². The molecule has 42 heavy (non-hydrogen) atoms. The number of anilines is 1. The number of aryl methyl sites for hydroxylation is 1. The summed E-state index contributed by atoms with van der Waals surface area (Å²) < 4.78 is 14.0. The first-order chi connectivity index (χ1) is 20.3. The third kappa shape index (κ3) is 6.55. The van der Waals surface area contributed by atoms with E-state index in [2.05, 4.69) is 42.3 Å². The normalized spacial score (nSPS) is 13.9. The number of carbonyl (C=O) groups is 1. The number of halogens is 3. The van der Waals surface area contributed by atoms with E-state index in [1.807, 2.05) is 43.3 Å². The number of rotatable bonds is 8. The highest BCUT2D eigenvalue weighted by Crippen LogP contribution is 2.42. The number of amides is 1. The molecule has 0 atom stereocenters. The van der Waals surface area contributed by atoms with Crippen molar-refractivity contribution in [3.05, 3.63) is 89.8 Å². The summed E-state index contributed by atoms with van der Waals surface area (Å²) >= 11 is 13.7. The lowest BCUT2D eigenvalue weighted by molar-refractivity contribution is -0.118. The summed E-state index contributed by atoms with van der Waals surface area (Å²) in [6.45, 7) is 1.63. The van der Waals surface area contributed by atoms with E-state index in [0.29, 0.717) is 38.2 Å². The molecule has 5 rings (SSSR count). The fourth-order valence-electron chi connectivity index (χ4n) is 5.04. The van der Waals surface area contributed by atoms with Crippen LogP contribution in [0, 0.1) is 6.92 Å². The smallest absolute Gasteiger partial charge is 0.282 e. The quantitative estimate of drug-likeness (QED) is 0.188. The van der Waals surface area contributed by atoms with Gasteiger partial charge in [0.2, 0.25) is 0 Å². The maximum Gasteiger partial charge on any atom is 0.282 e. The molecular weight excluding hydrogens is 688 g/mol. The Balaban J connectivity index is 1.46.